The zero-order chi connectivity index (χ0) is 24.4. The number of hydrogen-bond acceptors (Lipinski definition) is 6. The number of rotatable bonds is 5. The van der Waals surface area contributed by atoms with Gasteiger partial charge in [-0.3, -0.25) is 15.2 Å². The molecule has 2 aromatic carbocycles. The predicted molar refractivity (Wildman–Crippen MR) is 138 cm³/mol. The van der Waals surface area contributed by atoms with Gasteiger partial charge in [-0.05, 0) is 43.4 Å². The van der Waals surface area contributed by atoms with Gasteiger partial charge in [-0.25, -0.2) is 4.98 Å². The van der Waals surface area contributed by atoms with E-state index in [2.05, 4.69) is 16.5 Å². The van der Waals surface area contributed by atoms with Gasteiger partial charge in [0, 0.05) is 38.7 Å². The molecule has 35 heavy (non-hydrogen) atoms. The fraction of sp³-hybridized carbons (Fsp3) is 0.357. The molecule has 1 N–H and O–H groups in total. The first-order valence-corrected chi connectivity index (χ1v) is 12.2. The summed E-state index contributed by atoms with van der Waals surface area (Å²) in [5, 5.41) is 7.46. The minimum absolute atomic E-state index is 0.113. The lowest BCUT2D eigenvalue weighted by atomic mass is 9.71. The Hall–Kier alpha value is -3.74. The van der Waals surface area contributed by atoms with Crippen LogP contribution in [-0.4, -0.2) is 46.3 Å². The van der Waals surface area contributed by atoms with Crippen LogP contribution in [0.25, 0.3) is 16.8 Å². The first-order chi connectivity index (χ1) is 16.9. The summed E-state index contributed by atoms with van der Waals surface area (Å²) in [7, 11) is 0. The summed E-state index contributed by atoms with van der Waals surface area (Å²) < 4.78 is 5.29. The maximum atomic E-state index is 13.6. The van der Waals surface area contributed by atoms with Crippen LogP contribution < -0.4 is 4.90 Å². The molecule has 2 saturated heterocycles. The fourth-order valence-corrected chi connectivity index (χ4v) is 5.29. The van der Waals surface area contributed by atoms with Gasteiger partial charge in [-0.1, -0.05) is 43.0 Å². The Balaban J connectivity index is 1.23. The van der Waals surface area contributed by atoms with Crippen LogP contribution in [0.5, 0.6) is 0 Å². The van der Waals surface area contributed by atoms with Gasteiger partial charge in [0.2, 0.25) is 5.91 Å². The molecule has 2 aliphatic heterocycles. The number of anilines is 1. The Morgan fingerprint density at radius 1 is 1.06 bits per heavy atom. The van der Waals surface area contributed by atoms with E-state index in [0.717, 1.165) is 73.3 Å². The smallest absolute Gasteiger partial charge is 0.229 e. The molecule has 1 aromatic heterocycles. The third-order valence-corrected chi connectivity index (χ3v) is 7.23. The Morgan fingerprint density at radius 3 is 2.49 bits per heavy atom. The molecule has 1 spiro atoms. The summed E-state index contributed by atoms with van der Waals surface area (Å²) >= 11 is 0. The number of carbonyl (C=O) groups excluding carboxylic acids is 1. The Kier molecular flexibility index (Phi) is 6.24. The van der Waals surface area contributed by atoms with Crippen molar-refractivity contribution in [3.8, 4) is 0 Å². The number of nitrogens with zero attached hydrogens (tertiary/aromatic N) is 4. The number of fused-ring (bicyclic) bond motifs is 1. The Bertz CT molecular complexity index is 1260. The largest absolute Gasteiger partial charge is 0.444 e. The van der Waals surface area contributed by atoms with Gasteiger partial charge < -0.3 is 14.5 Å². The first kappa shape index (κ1) is 23.0. The lowest BCUT2D eigenvalue weighted by Gasteiger charge is -2.46. The van der Waals surface area contributed by atoms with Gasteiger partial charge >= 0.3 is 0 Å². The number of piperidine rings is 2. The molecule has 180 valence electrons. The lowest BCUT2D eigenvalue weighted by molar-refractivity contribution is -0.148. The van der Waals surface area contributed by atoms with Crippen molar-refractivity contribution >= 4 is 34.4 Å². The maximum absolute atomic E-state index is 13.6. The van der Waals surface area contributed by atoms with E-state index in [9.17, 15) is 4.79 Å². The summed E-state index contributed by atoms with van der Waals surface area (Å²) in [5.41, 5.74) is 3.45. The van der Waals surface area contributed by atoms with Crippen LogP contribution in [0, 0.1) is 10.8 Å². The van der Waals surface area contributed by atoms with Crippen molar-refractivity contribution in [1.82, 2.24) is 14.9 Å². The Morgan fingerprint density at radius 2 is 1.77 bits per heavy atom. The lowest BCUT2D eigenvalue weighted by Crippen LogP contribution is -2.53. The van der Waals surface area contributed by atoms with Gasteiger partial charge in [0.1, 0.15) is 11.6 Å². The molecule has 0 bridgehead atoms. The van der Waals surface area contributed by atoms with Crippen LogP contribution in [0.3, 0.4) is 0 Å². The van der Waals surface area contributed by atoms with Crippen molar-refractivity contribution in [2.45, 2.75) is 39.2 Å². The Labute approximate surface area is 205 Å². The molecular formula is C28H31N5O2. The number of amides is 1. The van der Waals surface area contributed by atoms with Gasteiger partial charge in [0.15, 0.2) is 5.90 Å². The van der Waals surface area contributed by atoms with E-state index in [0.29, 0.717) is 12.3 Å². The molecule has 0 unspecified atom stereocenters. The van der Waals surface area contributed by atoms with E-state index >= 15 is 0 Å². The fourth-order valence-electron chi connectivity index (χ4n) is 5.29. The number of carbonyl (C=O) groups is 1. The molecule has 0 aliphatic carbocycles. The second kappa shape index (κ2) is 9.49. The van der Waals surface area contributed by atoms with E-state index in [-0.39, 0.29) is 17.2 Å². The molecule has 2 fully saturated rings. The molecule has 0 atom stereocenters. The maximum Gasteiger partial charge on any atom is 0.229 e. The van der Waals surface area contributed by atoms with Crippen molar-refractivity contribution < 1.29 is 9.53 Å². The van der Waals surface area contributed by atoms with E-state index < -0.39 is 0 Å². The predicted octanol–water partition coefficient (Wildman–Crippen LogP) is 5.02. The summed E-state index contributed by atoms with van der Waals surface area (Å²) in [6, 6.07) is 15.8. The summed E-state index contributed by atoms with van der Waals surface area (Å²) in [6.07, 6.45) is 5.52. The topological polar surface area (TPSA) is 82.4 Å². The summed E-state index contributed by atoms with van der Waals surface area (Å²) in [5.74, 6) is 1.74. The zero-order valence-electron chi connectivity index (χ0n) is 20.2. The zero-order valence-corrected chi connectivity index (χ0v) is 20.2. The second-order valence-corrected chi connectivity index (χ2v) is 9.59. The monoisotopic (exact) mass is 469 g/mol. The quantitative estimate of drug-likeness (QED) is 0.322. The molecule has 2 aliphatic rings. The van der Waals surface area contributed by atoms with Crippen LogP contribution in [-0.2, 0) is 16.1 Å². The third kappa shape index (κ3) is 4.76. The van der Waals surface area contributed by atoms with Crippen molar-refractivity contribution in [3.63, 3.8) is 0 Å². The van der Waals surface area contributed by atoms with Crippen molar-refractivity contribution in [3.05, 3.63) is 72.4 Å². The van der Waals surface area contributed by atoms with E-state index in [4.69, 9.17) is 15.1 Å². The molecule has 7 heteroatoms. The van der Waals surface area contributed by atoms with Crippen LogP contribution in [0.4, 0.5) is 5.82 Å². The van der Waals surface area contributed by atoms with Gasteiger partial charge in [0.05, 0.1) is 22.6 Å². The van der Waals surface area contributed by atoms with E-state index in [1.807, 2.05) is 59.6 Å². The molecular weight excluding hydrogens is 438 g/mol. The highest BCUT2D eigenvalue weighted by Crippen LogP contribution is 2.42. The van der Waals surface area contributed by atoms with E-state index in [1.165, 1.54) is 0 Å². The molecule has 3 aromatic rings. The summed E-state index contributed by atoms with van der Waals surface area (Å²) in [4.78, 5) is 27.3. The highest BCUT2D eigenvalue weighted by molar-refractivity contribution is 5.84. The highest BCUT2D eigenvalue weighted by Gasteiger charge is 2.45. The standard InChI is InChI=1S/C28H31N5O2/c1-20(35-21(2)29)23-10-8-22(9-11-23)19-33-15-5-12-28(27(33)34)13-16-32(17-14-28)26-18-30-24-6-3-4-7-25(24)31-26/h3-4,6-11,18,29H,1,5,12-17,19H2,2H3. The second-order valence-electron chi connectivity index (χ2n) is 9.59. The number of nitrogens with one attached hydrogen (secondary N) is 1. The van der Waals surface area contributed by atoms with E-state index in [1.54, 1.807) is 6.92 Å². The highest BCUT2D eigenvalue weighted by atomic mass is 16.5. The number of likely N-dealkylation sites (tertiary alicyclic amines) is 1. The normalized spacial score (nSPS) is 17.6. The number of benzene rings is 2. The average Bonchev–Trinajstić information content (AvgIpc) is 2.87. The molecule has 1 amide bonds. The number of ether oxygens (including phenoxy) is 1. The number of aromatic nitrogens is 2. The van der Waals surface area contributed by atoms with Crippen LogP contribution in [0.1, 0.15) is 43.7 Å². The average molecular weight is 470 g/mol. The number of para-hydroxylation sites is 2. The van der Waals surface area contributed by atoms with Gasteiger partial charge in [-0.15, -0.1) is 0 Å². The van der Waals surface area contributed by atoms with Crippen molar-refractivity contribution in [1.29, 1.82) is 5.41 Å². The SMILES string of the molecule is C=C(OC(C)=N)c1ccc(CN2CCCC3(CCN(c4cnc5ccccc5n4)CC3)C2=O)cc1. The molecule has 0 radical (unpaired) electrons. The molecule has 3 heterocycles. The first-order valence-electron chi connectivity index (χ1n) is 12.2. The van der Waals surface area contributed by atoms with Crippen LogP contribution >= 0.6 is 0 Å². The molecule has 7 nitrogen and oxygen atoms in total. The third-order valence-electron chi connectivity index (χ3n) is 7.23. The minimum atomic E-state index is -0.275. The van der Waals surface area contributed by atoms with Crippen molar-refractivity contribution in [2.75, 3.05) is 24.5 Å². The molecule has 0 saturated carbocycles. The minimum Gasteiger partial charge on any atom is -0.444 e. The van der Waals surface area contributed by atoms with Crippen LogP contribution in [0.2, 0.25) is 0 Å². The van der Waals surface area contributed by atoms with Crippen molar-refractivity contribution in [2.24, 2.45) is 5.41 Å². The number of hydrogen-bond donors (Lipinski definition) is 1. The van der Waals surface area contributed by atoms with Gasteiger partial charge in [-0.2, -0.15) is 0 Å². The van der Waals surface area contributed by atoms with Crippen LogP contribution in [0.15, 0.2) is 61.3 Å². The molecule has 5 rings (SSSR count). The van der Waals surface area contributed by atoms with Gasteiger partial charge in [0.25, 0.3) is 0 Å². The summed E-state index contributed by atoms with van der Waals surface area (Å²) in [6.45, 7) is 8.50.